The summed E-state index contributed by atoms with van der Waals surface area (Å²) in [5.74, 6) is -2.12. The second kappa shape index (κ2) is 6.63. The van der Waals surface area contributed by atoms with Crippen molar-refractivity contribution in [2.45, 2.75) is 19.9 Å². The predicted octanol–water partition coefficient (Wildman–Crippen LogP) is 3.15. The molecule has 6 heteroatoms. The summed E-state index contributed by atoms with van der Waals surface area (Å²) in [7, 11) is 0. The third kappa shape index (κ3) is 3.24. The van der Waals surface area contributed by atoms with Gasteiger partial charge in [0.2, 0.25) is 5.91 Å². The molecule has 25 heavy (non-hydrogen) atoms. The smallest absolute Gasteiger partial charge is 0.254 e. The lowest BCUT2D eigenvalue weighted by molar-refractivity contribution is -0.124. The van der Waals surface area contributed by atoms with E-state index in [-0.39, 0.29) is 24.7 Å². The van der Waals surface area contributed by atoms with Crippen molar-refractivity contribution in [2.24, 2.45) is 0 Å². The van der Waals surface area contributed by atoms with Gasteiger partial charge in [-0.05, 0) is 38.1 Å². The van der Waals surface area contributed by atoms with Gasteiger partial charge >= 0.3 is 0 Å². The molecule has 0 radical (unpaired) electrons. The zero-order chi connectivity index (χ0) is 18.1. The van der Waals surface area contributed by atoms with Gasteiger partial charge in [0.15, 0.2) is 0 Å². The average Bonchev–Trinajstić information content (AvgIpc) is 2.57. The summed E-state index contributed by atoms with van der Waals surface area (Å²) < 4.78 is 27.1. The molecule has 1 fully saturated rings. The van der Waals surface area contributed by atoms with E-state index >= 15 is 0 Å². The minimum atomic E-state index is -0.793. The van der Waals surface area contributed by atoms with E-state index in [1.54, 1.807) is 25.1 Å². The zero-order valence-corrected chi connectivity index (χ0v) is 14.0. The van der Waals surface area contributed by atoms with Crippen molar-refractivity contribution in [1.29, 1.82) is 0 Å². The summed E-state index contributed by atoms with van der Waals surface area (Å²) in [6.45, 7) is 3.93. The predicted molar refractivity (Wildman–Crippen MR) is 90.4 cm³/mol. The first-order valence-electron chi connectivity index (χ1n) is 8.02. The van der Waals surface area contributed by atoms with Crippen molar-refractivity contribution in [3.63, 3.8) is 0 Å². The highest BCUT2D eigenvalue weighted by Crippen LogP contribution is 2.25. The minimum absolute atomic E-state index is 0.0286. The number of carbonyl (C=O) groups excluding carboxylic acids is 2. The van der Waals surface area contributed by atoms with Crippen molar-refractivity contribution < 1.29 is 18.4 Å². The maximum Gasteiger partial charge on any atom is 0.254 e. The van der Waals surface area contributed by atoms with Crippen LogP contribution < -0.4 is 4.90 Å². The fourth-order valence-electron chi connectivity index (χ4n) is 3.03. The quantitative estimate of drug-likeness (QED) is 0.840. The van der Waals surface area contributed by atoms with E-state index in [2.05, 4.69) is 0 Å². The van der Waals surface area contributed by atoms with Gasteiger partial charge in [0.25, 0.3) is 5.91 Å². The summed E-state index contributed by atoms with van der Waals surface area (Å²) in [6.07, 6.45) is 0. The monoisotopic (exact) mass is 344 g/mol. The van der Waals surface area contributed by atoms with E-state index < -0.39 is 23.6 Å². The fraction of sp³-hybridized carbons (Fsp3) is 0.263. The first-order valence-corrected chi connectivity index (χ1v) is 8.02. The Kier molecular flexibility index (Phi) is 4.53. The molecule has 130 valence electrons. The van der Waals surface area contributed by atoms with Gasteiger partial charge in [-0.1, -0.05) is 17.7 Å². The third-order valence-corrected chi connectivity index (χ3v) is 4.38. The topological polar surface area (TPSA) is 40.6 Å². The molecule has 2 aromatic carbocycles. The number of rotatable bonds is 2. The number of carbonyl (C=O) groups is 2. The number of hydrogen-bond acceptors (Lipinski definition) is 2. The molecule has 0 bridgehead atoms. The van der Waals surface area contributed by atoms with Crippen LogP contribution in [0.15, 0.2) is 42.5 Å². The highest BCUT2D eigenvalue weighted by Gasteiger charge is 2.36. The molecule has 1 atom stereocenters. The molecule has 0 aliphatic carbocycles. The van der Waals surface area contributed by atoms with Gasteiger partial charge in [-0.3, -0.25) is 9.59 Å². The second-order valence-electron chi connectivity index (χ2n) is 6.13. The van der Waals surface area contributed by atoms with Gasteiger partial charge in [0.05, 0.1) is 5.69 Å². The summed E-state index contributed by atoms with van der Waals surface area (Å²) in [4.78, 5) is 28.1. The Bertz CT molecular complexity index is 838. The highest BCUT2D eigenvalue weighted by molar-refractivity contribution is 6.03. The standard InChI is InChI=1S/C19H18F2N2O2/c1-12-4-3-5-14(10-12)19(25)22-8-9-23(18(24)13(22)2)17-7-6-15(20)11-16(17)21/h3-7,10-11,13H,8-9H2,1-2H3. The molecule has 0 saturated carbocycles. The summed E-state index contributed by atoms with van der Waals surface area (Å²) in [6, 6.07) is 9.53. The summed E-state index contributed by atoms with van der Waals surface area (Å²) >= 11 is 0. The molecule has 1 heterocycles. The Balaban J connectivity index is 1.83. The van der Waals surface area contributed by atoms with E-state index in [0.717, 1.165) is 17.7 Å². The van der Waals surface area contributed by atoms with Crippen LogP contribution in [0.5, 0.6) is 0 Å². The second-order valence-corrected chi connectivity index (χ2v) is 6.13. The molecular formula is C19H18F2N2O2. The number of hydrogen-bond donors (Lipinski definition) is 0. The van der Waals surface area contributed by atoms with Crippen LogP contribution in [0.2, 0.25) is 0 Å². The molecule has 0 aromatic heterocycles. The Labute approximate surface area is 144 Å². The maximum absolute atomic E-state index is 14.0. The molecule has 1 saturated heterocycles. The molecule has 1 unspecified atom stereocenters. The lowest BCUT2D eigenvalue weighted by atomic mass is 10.1. The van der Waals surface area contributed by atoms with E-state index in [1.807, 2.05) is 13.0 Å². The number of nitrogens with zero attached hydrogens (tertiary/aromatic N) is 2. The highest BCUT2D eigenvalue weighted by atomic mass is 19.1. The molecule has 3 rings (SSSR count). The van der Waals surface area contributed by atoms with Crippen LogP contribution in [-0.2, 0) is 4.79 Å². The fourth-order valence-corrected chi connectivity index (χ4v) is 3.03. The van der Waals surface area contributed by atoms with Crippen LogP contribution in [0.4, 0.5) is 14.5 Å². The molecule has 2 amide bonds. The number of aryl methyl sites for hydroxylation is 1. The Morgan fingerprint density at radius 3 is 2.56 bits per heavy atom. The Hall–Kier alpha value is -2.76. The minimum Gasteiger partial charge on any atom is -0.325 e. The Morgan fingerprint density at radius 1 is 1.12 bits per heavy atom. The normalized spacial score (nSPS) is 17.8. The molecular weight excluding hydrogens is 326 g/mol. The van der Waals surface area contributed by atoms with Crippen LogP contribution in [-0.4, -0.2) is 35.8 Å². The SMILES string of the molecule is Cc1cccc(C(=O)N2CCN(c3ccc(F)cc3F)C(=O)C2C)c1. The third-order valence-electron chi connectivity index (χ3n) is 4.38. The van der Waals surface area contributed by atoms with Crippen LogP contribution in [0.25, 0.3) is 0 Å². The Morgan fingerprint density at radius 2 is 1.88 bits per heavy atom. The van der Waals surface area contributed by atoms with Crippen LogP contribution in [0.1, 0.15) is 22.8 Å². The van der Waals surface area contributed by atoms with Gasteiger partial charge in [0.1, 0.15) is 17.7 Å². The number of anilines is 1. The van der Waals surface area contributed by atoms with Gasteiger partial charge < -0.3 is 9.80 Å². The van der Waals surface area contributed by atoms with Gasteiger partial charge in [-0.2, -0.15) is 0 Å². The van der Waals surface area contributed by atoms with E-state index in [9.17, 15) is 18.4 Å². The van der Waals surface area contributed by atoms with Gasteiger partial charge in [-0.15, -0.1) is 0 Å². The molecule has 1 aliphatic rings. The summed E-state index contributed by atoms with van der Waals surface area (Å²) in [5, 5.41) is 0. The van der Waals surface area contributed by atoms with Crippen molar-refractivity contribution in [1.82, 2.24) is 4.90 Å². The first-order chi connectivity index (χ1) is 11.9. The largest absolute Gasteiger partial charge is 0.325 e. The number of benzene rings is 2. The van der Waals surface area contributed by atoms with Crippen LogP contribution in [0.3, 0.4) is 0 Å². The van der Waals surface area contributed by atoms with Crippen molar-refractivity contribution in [3.8, 4) is 0 Å². The molecule has 0 spiro atoms. The maximum atomic E-state index is 14.0. The average molecular weight is 344 g/mol. The van der Waals surface area contributed by atoms with Crippen molar-refractivity contribution in [2.75, 3.05) is 18.0 Å². The molecule has 4 nitrogen and oxygen atoms in total. The number of amides is 2. The molecule has 0 N–H and O–H groups in total. The molecule has 2 aromatic rings. The first kappa shape index (κ1) is 17.1. The number of halogens is 2. The zero-order valence-electron chi connectivity index (χ0n) is 14.0. The van der Waals surface area contributed by atoms with Crippen LogP contribution in [0, 0.1) is 18.6 Å². The number of piperazine rings is 1. The van der Waals surface area contributed by atoms with Gasteiger partial charge in [0, 0.05) is 24.7 Å². The van der Waals surface area contributed by atoms with Crippen LogP contribution >= 0.6 is 0 Å². The van der Waals surface area contributed by atoms with E-state index in [4.69, 9.17) is 0 Å². The lowest BCUT2D eigenvalue weighted by Crippen LogP contribution is -2.58. The van der Waals surface area contributed by atoms with Gasteiger partial charge in [-0.25, -0.2) is 8.78 Å². The summed E-state index contributed by atoms with van der Waals surface area (Å²) in [5.41, 5.74) is 1.50. The van der Waals surface area contributed by atoms with E-state index in [0.29, 0.717) is 5.56 Å². The van der Waals surface area contributed by atoms with E-state index in [1.165, 1.54) is 15.9 Å². The molecule has 1 aliphatic heterocycles. The lowest BCUT2D eigenvalue weighted by Gasteiger charge is -2.39. The van der Waals surface area contributed by atoms with Crippen molar-refractivity contribution >= 4 is 17.5 Å². The van der Waals surface area contributed by atoms with Crippen molar-refractivity contribution in [3.05, 3.63) is 65.2 Å².